The largest absolute Gasteiger partial charge is 0.444 e. The average Bonchev–Trinajstić information content (AvgIpc) is 3.00. The van der Waals surface area contributed by atoms with Gasteiger partial charge in [0.25, 0.3) is 0 Å². The lowest BCUT2D eigenvalue weighted by Gasteiger charge is -2.29. The lowest BCUT2D eigenvalue weighted by Crippen LogP contribution is -2.37. The fourth-order valence-electron chi connectivity index (χ4n) is 3.13. The summed E-state index contributed by atoms with van der Waals surface area (Å²) in [5.74, 6) is 0. The molecule has 0 radical (unpaired) electrons. The van der Waals surface area contributed by atoms with Crippen LogP contribution >= 0.6 is 15.9 Å². The maximum atomic E-state index is 12.6. The molecule has 3 rings (SSSR count). The van der Waals surface area contributed by atoms with Crippen molar-refractivity contribution in [1.82, 2.24) is 4.90 Å². The van der Waals surface area contributed by atoms with Crippen molar-refractivity contribution < 1.29 is 9.53 Å². The molecule has 1 heterocycles. The summed E-state index contributed by atoms with van der Waals surface area (Å²) in [6.45, 7) is 6.58. The summed E-state index contributed by atoms with van der Waals surface area (Å²) >= 11 is 3.62. The maximum Gasteiger partial charge on any atom is 0.410 e. The van der Waals surface area contributed by atoms with E-state index in [4.69, 9.17) is 4.74 Å². The average molecular weight is 352 g/mol. The van der Waals surface area contributed by atoms with Crippen molar-refractivity contribution >= 4 is 22.0 Å². The molecule has 2 aliphatic rings. The second kappa shape index (κ2) is 5.01. The molecule has 1 aliphatic carbocycles. The van der Waals surface area contributed by atoms with Crippen LogP contribution in [0.2, 0.25) is 0 Å². The normalized spacial score (nSPS) is 23.4. The van der Waals surface area contributed by atoms with E-state index in [2.05, 4.69) is 22.0 Å². The van der Waals surface area contributed by atoms with E-state index in [1.54, 1.807) is 0 Å². The van der Waals surface area contributed by atoms with Crippen LogP contribution in [0.1, 0.15) is 51.6 Å². The highest BCUT2D eigenvalue weighted by atomic mass is 79.9. The Bertz CT molecular complexity index is 560. The van der Waals surface area contributed by atoms with Gasteiger partial charge in [-0.1, -0.05) is 34.1 Å². The Balaban J connectivity index is 1.87. The van der Waals surface area contributed by atoms with Gasteiger partial charge in [0.1, 0.15) is 5.60 Å². The minimum atomic E-state index is -0.450. The van der Waals surface area contributed by atoms with E-state index in [0.29, 0.717) is 5.41 Å². The molecule has 1 aromatic rings. The standard InChI is InChI=1S/C17H22BrNO2/c1-16(2,3)21-15(20)19-11-17(8-9-17)10-14(19)12-6-4-5-7-13(12)18/h4-7,14H,8-11H2,1-3H3. The monoisotopic (exact) mass is 351 g/mol. The van der Waals surface area contributed by atoms with Gasteiger partial charge in [0.05, 0.1) is 6.04 Å². The van der Waals surface area contributed by atoms with Crippen LogP contribution in [0.4, 0.5) is 4.79 Å². The summed E-state index contributed by atoms with van der Waals surface area (Å²) in [6.07, 6.45) is 3.32. The Morgan fingerprint density at radius 1 is 1.33 bits per heavy atom. The van der Waals surface area contributed by atoms with Crippen molar-refractivity contribution in [1.29, 1.82) is 0 Å². The SMILES string of the molecule is CC(C)(C)OC(=O)N1CC2(CC2)CC1c1ccccc1Br. The zero-order valence-corrected chi connectivity index (χ0v) is 14.4. The molecule has 0 aromatic heterocycles. The van der Waals surface area contributed by atoms with Gasteiger partial charge in [0.2, 0.25) is 0 Å². The lowest BCUT2D eigenvalue weighted by atomic mass is 9.98. The smallest absolute Gasteiger partial charge is 0.410 e. The summed E-state index contributed by atoms with van der Waals surface area (Å²) < 4.78 is 6.68. The molecule has 1 saturated carbocycles. The van der Waals surface area contributed by atoms with Gasteiger partial charge in [-0.25, -0.2) is 4.79 Å². The number of hydrogen-bond donors (Lipinski definition) is 0. The molecule has 1 aromatic carbocycles. The van der Waals surface area contributed by atoms with Crippen molar-refractivity contribution in [2.45, 2.75) is 51.7 Å². The van der Waals surface area contributed by atoms with Gasteiger partial charge in [-0.05, 0) is 57.1 Å². The van der Waals surface area contributed by atoms with Crippen molar-refractivity contribution in [2.24, 2.45) is 5.41 Å². The lowest BCUT2D eigenvalue weighted by molar-refractivity contribution is 0.0217. The van der Waals surface area contributed by atoms with Crippen molar-refractivity contribution in [2.75, 3.05) is 6.54 Å². The molecule has 0 bridgehead atoms. The molecular formula is C17H22BrNO2. The van der Waals surface area contributed by atoms with Crippen LogP contribution in [-0.4, -0.2) is 23.1 Å². The van der Waals surface area contributed by atoms with Gasteiger partial charge in [0, 0.05) is 11.0 Å². The zero-order valence-electron chi connectivity index (χ0n) is 12.9. The number of benzene rings is 1. The Labute approximate surface area is 134 Å². The second-order valence-corrected chi connectivity index (χ2v) is 8.20. The van der Waals surface area contributed by atoms with E-state index < -0.39 is 5.60 Å². The summed E-state index contributed by atoms with van der Waals surface area (Å²) in [5.41, 5.74) is 1.08. The first kappa shape index (κ1) is 14.9. The first-order valence-electron chi connectivity index (χ1n) is 7.54. The van der Waals surface area contributed by atoms with Gasteiger partial charge >= 0.3 is 6.09 Å². The molecule has 3 nitrogen and oxygen atoms in total. The van der Waals surface area contributed by atoms with Crippen molar-refractivity contribution in [3.05, 3.63) is 34.3 Å². The van der Waals surface area contributed by atoms with Gasteiger partial charge in [-0.3, -0.25) is 0 Å². The number of ether oxygens (including phenoxy) is 1. The summed E-state index contributed by atoms with van der Waals surface area (Å²) in [7, 11) is 0. The number of nitrogens with zero attached hydrogens (tertiary/aromatic N) is 1. The number of amides is 1. The van der Waals surface area contributed by atoms with Gasteiger partial charge in [-0.2, -0.15) is 0 Å². The molecule has 0 N–H and O–H groups in total. The second-order valence-electron chi connectivity index (χ2n) is 7.35. The summed E-state index contributed by atoms with van der Waals surface area (Å²) in [5, 5.41) is 0. The van der Waals surface area contributed by atoms with Crippen LogP contribution < -0.4 is 0 Å². The third kappa shape index (κ3) is 3.10. The van der Waals surface area contributed by atoms with Crippen LogP contribution in [0.3, 0.4) is 0 Å². The van der Waals surface area contributed by atoms with Gasteiger partial charge in [-0.15, -0.1) is 0 Å². The van der Waals surface area contributed by atoms with E-state index in [9.17, 15) is 4.79 Å². The van der Waals surface area contributed by atoms with Crippen molar-refractivity contribution in [3.63, 3.8) is 0 Å². The Morgan fingerprint density at radius 2 is 2.00 bits per heavy atom. The van der Waals surface area contributed by atoms with E-state index in [1.165, 1.54) is 18.4 Å². The highest BCUT2D eigenvalue weighted by Crippen LogP contribution is 2.59. The van der Waals surface area contributed by atoms with E-state index in [0.717, 1.165) is 17.4 Å². The van der Waals surface area contributed by atoms with Crippen LogP contribution in [0.25, 0.3) is 0 Å². The predicted molar refractivity (Wildman–Crippen MR) is 86.1 cm³/mol. The molecule has 1 spiro atoms. The van der Waals surface area contributed by atoms with Crippen LogP contribution in [0.5, 0.6) is 0 Å². The first-order valence-corrected chi connectivity index (χ1v) is 8.33. The Kier molecular flexibility index (Phi) is 3.55. The molecule has 114 valence electrons. The van der Waals surface area contributed by atoms with Crippen LogP contribution in [-0.2, 0) is 4.74 Å². The third-order valence-electron chi connectivity index (χ3n) is 4.36. The molecule has 1 aliphatic heterocycles. The molecule has 2 fully saturated rings. The number of rotatable bonds is 1. The van der Waals surface area contributed by atoms with Crippen LogP contribution in [0.15, 0.2) is 28.7 Å². The number of hydrogen-bond acceptors (Lipinski definition) is 2. The van der Waals surface area contributed by atoms with Gasteiger partial charge in [0.15, 0.2) is 0 Å². The van der Waals surface area contributed by atoms with Gasteiger partial charge < -0.3 is 9.64 Å². The van der Waals surface area contributed by atoms with Crippen LogP contribution in [0, 0.1) is 5.41 Å². The Morgan fingerprint density at radius 3 is 2.57 bits per heavy atom. The highest BCUT2D eigenvalue weighted by Gasteiger charge is 2.54. The number of carbonyl (C=O) groups is 1. The fraction of sp³-hybridized carbons (Fsp3) is 0.588. The zero-order chi connectivity index (χ0) is 15.3. The quantitative estimate of drug-likeness (QED) is 0.719. The molecule has 1 amide bonds. The van der Waals surface area contributed by atoms with E-state index >= 15 is 0 Å². The highest BCUT2D eigenvalue weighted by molar-refractivity contribution is 9.10. The molecular weight excluding hydrogens is 330 g/mol. The van der Waals surface area contributed by atoms with E-state index in [1.807, 2.05) is 43.9 Å². The molecule has 4 heteroatoms. The minimum Gasteiger partial charge on any atom is -0.444 e. The molecule has 21 heavy (non-hydrogen) atoms. The predicted octanol–water partition coefficient (Wildman–Crippen LogP) is 4.91. The maximum absolute atomic E-state index is 12.6. The topological polar surface area (TPSA) is 29.5 Å². The Hall–Kier alpha value is -1.03. The number of carbonyl (C=O) groups excluding carboxylic acids is 1. The molecule has 1 unspecified atom stereocenters. The summed E-state index contributed by atoms with van der Waals surface area (Å²) in [4.78, 5) is 14.5. The number of halogens is 1. The fourth-order valence-corrected chi connectivity index (χ4v) is 3.68. The molecule has 1 saturated heterocycles. The minimum absolute atomic E-state index is 0.123. The number of likely N-dealkylation sites (tertiary alicyclic amines) is 1. The third-order valence-corrected chi connectivity index (χ3v) is 5.08. The van der Waals surface area contributed by atoms with Crippen molar-refractivity contribution in [3.8, 4) is 0 Å². The van der Waals surface area contributed by atoms with E-state index in [-0.39, 0.29) is 12.1 Å². The molecule has 1 atom stereocenters. The first-order chi connectivity index (χ1) is 9.80. The summed E-state index contributed by atoms with van der Waals surface area (Å²) in [6, 6.07) is 8.31.